The summed E-state index contributed by atoms with van der Waals surface area (Å²) in [6.45, 7) is -0.650. The Morgan fingerprint density at radius 2 is 2.04 bits per heavy atom. The number of anilines is 1. The van der Waals surface area contributed by atoms with Crippen LogP contribution in [0.15, 0.2) is 47.6 Å². The maximum atomic E-state index is 13.0. The first kappa shape index (κ1) is 17.8. The predicted octanol–water partition coefficient (Wildman–Crippen LogP) is 3.33. The number of nitrogens with zero attached hydrogens (tertiary/aromatic N) is 1. The van der Waals surface area contributed by atoms with E-state index in [1.807, 2.05) is 0 Å². The van der Waals surface area contributed by atoms with E-state index in [0.29, 0.717) is 0 Å². The summed E-state index contributed by atoms with van der Waals surface area (Å²) in [5.74, 6) is -4.93. The molecular formula is C15H11F3N2O3S. The molecule has 1 aromatic heterocycles. The lowest BCUT2D eigenvalue weighted by atomic mass is 10.3. The highest BCUT2D eigenvalue weighted by Crippen LogP contribution is 2.26. The fraction of sp³-hybridized carbons (Fsp3) is 0.133. The topological polar surface area (TPSA) is 68.3 Å². The maximum Gasteiger partial charge on any atom is 0.341 e. The number of ether oxygens (including phenoxy) is 1. The van der Waals surface area contributed by atoms with Crippen molar-refractivity contribution >= 4 is 29.3 Å². The number of esters is 1. The van der Waals surface area contributed by atoms with Gasteiger partial charge in [-0.25, -0.2) is 14.2 Å². The number of hydrogen-bond donors (Lipinski definition) is 1. The molecule has 0 aliphatic rings. The van der Waals surface area contributed by atoms with Crippen molar-refractivity contribution in [3.05, 3.63) is 54.0 Å². The summed E-state index contributed by atoms with van der Waals surface area (Å²) in [7, 11) is 0. The van der Waals surface area contributed by atoms with Gasteiger partial charge in [-0.05, 0) is 42.1 Å². The highest BCUT2D eigenvalue weighted by atomic mass is 32.2. The molecule has 1 amide bonds. The molecule has 2 rings (SSSR count). The number of hydrogen-bond acceptors (Lipinski definition) is 5. The van der Waals surface area contributed by atoms with Crippen molar-refractivity contribution < 1.29 is 27.5 Å². The fourth-order valence-corrected chi connectivity index (χ4v) is 2.27. The normalized spacial score (nSPS) is 10.5. The number of halogens is 3. The molecular weight excluding hydrogens is 345 g/mol. The van der Waals surface area contributed by atoms with Crippen molar-refractivity contribution in [3.63, 3.8) is 0 Å². The van der Waals surface area contributed by atoms with Gasteiger partial charge in [0.05, 0.1) is 5.56 Å². The zero-order valence-electron chi connectivity index (χ0n) is 12.0. The summed E-state index contributed by atoms with van der Waals surface area (Å²) in [5, 5.41) is 2.15. The highest BCUT2D eigenvalue weighted by Gasteiger charge is 2.18. The smallest absolute Gasteiger partial charge is 0.341 e. The number of carbonyl (C=O) groups is 2. The first-order valence-corrected chi connectivity index (χ1v) is 7.46. The second kappa shape index (κ2) is 8.34. The lowest BCUT2D eigenvalue weighted by Crippen LogP contribution is -2.21. The molecule has 0 unspecified atom stereocenters. The lowest BCUT2D eigenvalue weighted by Gasteiger charge is -2.08. The Morgan fingerprint density at radius 1 is 1.25 bits per heavy atom. The molecule has 0 bridgehead atoms. The van der Waals surface area contributed by atoms with Gasteiger partial charge in [-0.2, -0.15) is 8.78 Å². The summed E-state index contributed by atoms with van der Waals surface area (Å²) in [6.07, 6.45) is 1.26. The average Bonchev–Trinajstić information content (AvgIpc) is 2.52. The fourth-order valence-electron chi connectivity index (χ4n) is 1.70. The molecule has 0 saturated heterocycles. The van der Waals surface area contributed by atoms with E-state index in [4.69, 9.17) is 4.74 Å². The molecule has 9 heteroatoms. The minimum atomic E-state index is -2.75. The third-order valence-electron chi connectivity index (χ3n) is 2.63. The van der Waals surface area contributed by atoms with Crippen molar-refractivity contribution in [1.82, 2.24) is 4.98 Å². The number of alkyl halides is 2. The van der Waals surface area contributed by atoms with Crippen LogP contribution in [-0.2, 0) is 9.53 Å². The molecule has 2 aromatic rings. The molecule has 1 N–H and O–H groups in total. The van der Waals surface area contributed by atoms with Crippen LogP contribution in [-0.4, -0.2) is 29.2 Å². The molecule has 0 spiro atoms. The van der Waals surface area contributed by atoms with Gasteiger partial charge in [0, 0.05) is 11.9 Å². The summed E-state index contributed by atoms with van der Waals surface area (Å²) < 4.78 is 42.6. The molecule has 5 nitrogen and oxygen atoms in total. The van der Waals surface area contributed by atoms with Crippen molar-refractivity contribution in [2.24, 2.45) is 0 Å². The van der Waals surface area contributed by atoms with E-state index in [1.165, 1.54) is 36.5 Å². The third kappa shape index (κ3) is 5.27. The number of aromatic nitrogens is 1. The maximum absolute atomic E-state index is 13.0. The first-order chi connectivity index (χ1) is 11.5. The Hall–Kier alpha value is -2.55. The van der Waals surface area contributed by atoms with Gasteiger partial charge in [0.1, 0.15) is 10.8 Å². The van der Waals surface area contributed by atoms with Gasteiger partial charge in [-0.3, -0.25) is 4.79 Å². The van der Waals surface area contributed by atoms with Gasteiger partial charge in [-0.15, -0.1) is 0 Å². The predicted molar refractivity (Wildman–Crippen MR) is 81.4 cm³/mol. The highest BCUT2D eigenvalue weighted by molar-refractivity contribution is 7.99. The Kier molecular flexibility index (Phi) is 6.19. The first-order valence-electron chi connectivity index (χ1n) is 6.58. The van der Waals surface area contributed by atoms with Crippen LogP contribution < -0.4 is 5.32 Å². The van der Waals surface area contributed by atoms with Crippen molar-refractivity contribution in [2.75, 3.05) is 11.9 Å². The molecule has 0 fully saturated rings. The van der Waals surface area contributed by atoms with Gasteiger partial charge < -0.3 is 10.1 Å². The van der Waals surface area contributed by atoms with E-state index in [2.05, 4.69) is 10.3 Å². The van der Waals surface area contributed by atoms with Crippen LogP contribution in [0.5, 0.6) is 0 Å². The van der Waals surface area contributed by atoms with E-state index in [-0.39, 0.29) is 28.0 Å². The van der Waals surface area contributed by atoms with Crippen molar-refractivity contribution in [2.45, 2.75) is 10.8 Å². The molecule has 0 aliphatic carbocycles. The average molecular weight is 356 g/mol. The minimum Gasteiger partial charge on any atom is -0.452 e. The van der Waals surface area contributed by atoms with Crippen LogP contribution >= 0.6 is 11.8 Å². The summed E-state index contributed by atoms with van der Waals surface area (Å²) in [6, 6.07) is 7.82. The molecule has 1 heterocycles. The van der Waals surface area contributed by atoms with E-state index in [9.17, 15) is 22.8 Å². The molecule has 0 radical (unpaired) electrons. The Balaban J connectivity index is 1.94. The zero-order chi connectivity index (χ0) is 17.5. The van der Waals surface area contributed by atoms with Gasteiger partial charge >= 0.3 is 5.97 Å². The number of pyridine rings is 1. The van der Waals surface area contributed by atoms with Crippen LogP contribution in [0.25, 0.3) is 0 Å². The quantitative estimate of drug-likeness (QED) is 0.635. The lowest BCUT2D eigenvalue weighted by molar-refractivity contribution is -0.119. The number of carbonyl (C=O) groups excluding carboxylic acids is 2. The van der Waals surface area contributed by atoms with E-state index in [1.54, 1.807) is 0 Å². The Labute approximate surface area is 139 Å². The summed E-state index contributed by atoms with van der Waals surface area (Å²) in [4.78, 5) is 27.3. The van der Waals surface area contributed by atoms with Gasteiger partial charge in [0.2, 0.25) is 0 Å². The van der Waals surface area contributed by atoms with Crippen LogP contribution in [0.4, 0.5) is 18.9 Å². The molecule has 126 valence electrons. The molecule has 0 atom stereocenters. The second-order valence-electron chi connectivity index (χ2n) is 4.37. The van der Waals surface area contributed by atoms with Crippen molar-refractivity contribution in [1.29, 1.82) is 0 Å². The summed E-state index contributed by atoms with van der Waals surface area (Å²) in [5.41, 5.74) is 0.0349. The Bertz CT molecular complexity index is 743. The monoisotopic (exact) mass is 356 g/mol. The minimum absolute atomic E-state index is 0.104. The van der Waals surface area contributed by atoms with E-state index in [0.717, 1.165) is 6.07 Å². The number of thioether (sulfide) groups is 1. The second-order valence-corrected chi connectivity index (χ2v) is 5.35. The zero-order valence-corrected chi connectivity index (χ0v) is 12.9. The van der Waals surface area contributed by atoms with Gasteiger partial charge in [0.25, 0.3) is 11.7 Å². The molecule has 0 aliphatic heterocycles. The largest absolute Gasteiger partial charge is 0.452 e. The van der Waals surface area contributed by atoms with E-state index >= 15 is 0 Å². The standard InChI is InChI=1S/C15H11F3N2O3S/c16-9-3-1-4-10(7-9)20-12(21)8-23-14(22)11-5-2-6-19-13(11)24-15(17)18/h1-7,15H,8H2,(H,20,21). The van der Waals surface area contributed by atoms with E-state index < -0.39 is 30.1 Å². The SMILES string of the molecule is O=C(COC(=O)c1cccnc1SC(F)F)Nc1cccc(F)c1. The third-order valence-corrected chi connectivity index (χ3v) is 3.36. The number of rotatable bonds is 6. The van der Waals surface area contributed by atoms with Crippen LogP contribution in [0, 0.1) is 5.82 Å². The number of benzene rings is 1. The molecule has 24 heavy (non-hydrogen) atoms. The number of amides is 1. The van der Waals surface area contributed by atoms with Crippen LogP contribution in [0.2, 0.25) is 0 Å². The molecule has 1 aromatic carbocycles. The number of nitrogens with one attached hydrogen (secondary N) is 1. The van der Waals surface area contributed by atoms with Crippen molar-refractivity contribution in [3.8, 4) is 0 Å². The van der Waals surface area contributed by atoms with Crippen LogP contribution in [0.1, 0.15) is 10.4 Å². The van der Waals surface area contributed by atoms with Gasteiger partial charge in [0.15, 0.2) is 6.61 Å². The molecule has 0 saturated carbocycles. The van der Waals surface area contributed by atoms with Crippen LogP contribution in [0.3, 0.4) is 0 Å². The summed E-state index contributed by atoms with van der Waals surface area (Å²) >= 11 is 0.104. The van der Waals surface area contributed by atoms with Gasteiger partial charge in [-0.1, -0.05) is 6.07 Å². The Morgan fingerprint density at radius 3 is 2.75 bits per heavy atom.